The summed E-state index contributed by atoms with van der Waals surface area (Å²) in [6.45, 7) is -0.677. The lowest BCUT2D eigenvalue weighted by Crippen LogP contribution is -2.33. The van der Waals surface area contributed by atoms with Crippen LogP contribution in [-0.4, -0.2) is 54.3 Å². The van der Waals surface area contributed by atoms with Crippen molar-refractivity contribution in [3.05, 3.63) is 20.8 Å². The van der Waals surface area contributed by atoms with Crippen LogP contribution in [0.5, 0.6) is 0 Å². The van der Waals surface area contributed by atoms with Gasteiger partial charge in [-0.25, -0.2) is 13.8 Å². The Labute approximate surface area is 146 Å². The Morgan fingerprint density at radius 3 is 2.81 bits per heavy atom. The van der Waals surface area contributed by atoms with E-state index in [4.69, 9.17) is 10.5 Å². The number of alkyl halides is 1. The standard InChI is InChI=1S/C15H20FN5O5/c16-4-8(23)9-3-7(22)13(26-9)21-11-10(12(24)19-14(17)18-11)20(15(21)25)5-6-1-2-6/h6-9,13,22-23H,1-5H2,(H3,17,18,19,24)/t7-,8?,9+,13-/m1/s1. The van der Waals surface area contributed by atoms with E-state index in [-0.39, 0.29) is 23.5 Å². The van der Waals surface area contributed by atoms with E-state index in [2.05, 4.69) is 9.97 Å². The fourth-order valence-corrected chi connectivity index (χ4v) is 3.42. The predicted molar refractivity (Wildman–Crippen MR) is 88.3 cm³/mol. The van der Waals surface area contributed by atoms with Crippen molar-refractivity contribution >= 4 is 17.1 Å². The molecule has 2 aliphatic rings. The molecule has 1 saturated heterocycles. The molecule has 2 aromatic rings. The molecule has 10 nitrogen and oxygen atoms in total. The molecule has 5 N–H and O–H groups in total. The van der Waals surface area contributed by atoms with Crippen LogP contribution in [0.4, 0.5) is 10.3 Å². The minimum atomic E-state index is -1.41. The molecule has 1 unspecified atom stereocenters. The van der Waals surface area contributed by atoms with E-state index in [0.717, 1.165) is 17.4 Å². The van der Waals surface area contributed by atoms with Gasteiger partial charge >= 0.3 is 5.69 Å². The Balaban J connectivity index is 1.86. The molecule has 11 heteroatoms. The van der Waals surface area contributed by atoms with E-state index in [0.29, 0.717) is 12.5 Å². The summed E-state index contributed by atoms with van der Waals surface area (Å²) in [5.41, 5.74) is 4.55. The Hall–Kier alpha value is -2.24. The van der Waals surface area contributed by atoms with Crippen molar-refractivity contribution in [2.24, 2.45) is 5.92 Å². The second-order valence-electron chi connectivity index (χ2n) is 6.92. The van der Waals surface area contributed by atoms with Crippen LogP contribution in [0.2, 0.25) is 0 Å². The number of aromatic nitrogens is 4. The van der Waals surface area contributed by atoms with Gasteiger partial charge in [0, 0.05) is 13.0 Å². The minimum Gasteiger partial charge on any atom is -0.388 e. The maximum absolute atomic E-state index is 13.0. The molecule has 0 spiro atoms. The lowest BCUT2D eigenvalue weighted by atomic mass is 10.1. The Morgan fingerprint density at radius 2 is 2.15 bits per heavy atom. The summed E-state index contributed by atoms with van der Waals surface area (Å²) < 4.78 is 20.6. The zero-order chi connectivity index (χ0) is 18.6. The van der Waals surface area contributed by atoms with Crippen LogP contribution in [0, 0.1) is 5.92 Å². The molecule has 26 heavy (non-hydrogen) atoms. The van der Waals surface area contributed by atoms with Gasteiger partial charge in [0.15, 0.2) is 17.4 Å². The average Bonchev–Trinajstić information content (AvgIpc) is 3.27. The van der Waals surface area contributed by atoms with Gasteiger partial charge in [-0.05, 0) is 18.8 Å². The molecule has 4 rings (SSSR count). The number of H-pyrrole nitrogens is 1. The van der Waals surface area contributed by atoms with Crippen LogP contribution in [-0.2, 0) is 11.3 Å². The van der Waals surface area contributed by atoms with Crippen LogP contribution >= 0.6 is 0 Å². The molecular formula is C15H20FN5O5. The first-order valence-corrected chi connectivity index (χ1v) is 8.48. The summed E-state index contributed by atoms with van der Waals surface area (Å²) in [7, 11) is 0. The number of aromatic amines is 1. The molecular weight excluding hydrogens is 349 g/mol. The molecule has 1 saturated carbocycles. The number of hydrogen-bond donors (Lipinski definition) is 4. The van der Waals surface area contributed by atoms with E-state index in [1.165, 1.54) is 4.57 Å². The molecule has 2 fully saturated rings. The number of anilines is 1. The molecule has 1 aliphatic heterocycles. The van der Waals surface area contributed by atoms with Crippen LogP contribution in [0.3, 0.4) is 0 Å². The second-order valence-corrected chi connectivity index (χ2v) is 6.92. The van der Waals surface area contributed by atoms with Crippen molar-refractivity contribution in [3.63, 3.8) is 0 Å². The number of nitrogens with zero attached hydrogens (tertiary/aromatic N) is 3. The molecule has 0 aromatic carbocycles. The number of nitrogens with two attached hydrogens (primary N) is 1. The summed E-state index contributed by atoms with van der Waals surface area (Å²) in [6.07, 6.45) is -2.85. The summed E-state index contributed by atoms with van der Waals surface area (Å²) in [4.78, 5) is 31.7. The fraction of sp³-hybridized carbons (Fsp3) is 0.667. The van der Waals surface area contributed by atoms with E-state index < -0.39 is 42.5 Å². The van der Waals surface area contributed by atoms with Gasteiger partial charge in [-0.3, -0.25) is 14.3 Å². The maximum atomic E-state index is 13.0. The van der Waals surface area contributed by atoms with Crippen LogP contribution < -0.4 is 17.0 Å². The largest absolute Gasteiger partial charge is 0.388 e. The van der Waals surface area contributed by atoms with Crippen molar-refractivity contribution in [2.45, 2.75) is 50.3 Å². The number of aliphatic hydroxyl groups excluding tert-OH is 2. The van der Waals surface area contributed by atoms with E-state index in [1.54, 1.807) is 0 Å². The lowest BCUT2D eigenvalue weighted by molar-refractivity contribution is -0.0797. The highest BCUT2D eigenvalue weighted by Crippen LogP contribution is 2.33. The van der Waals surface area contributed by atoms with Crippen LogP contribution in [0.25, 0.3) is 11.2 Å². The second kappa shape index (κ2) is 6.18. The first-order valence-electron chi connectivity index (χ1n) is 8.48. The number of nitrogens with one attached hydrogen (secondary N) is 1. The van der Waals surface area contributed by atoms with E-state index in [9.17, 15) is 24.2 Å². The Bertz CT molecular complexity index is 948. The molecule has 4 atom stereocenters. The average molecular weight is 369 g/mol. The smallest absolute Gasteiger partial charge is 0.332 e. The SMILES string of the molecule is Nc1nc2c(c(=O)[nH]1)n(CC1CC1)c(=O)n2[C@@H]1O[C@H](C(O)CF)C[C@H]1O. The number of nitrogen functional groups attached to an aromatic ring is 1. The normalized spacial score (nSPS) is 27.3. The summed E-state index contributed by atoms with van der Waals surface area (Å²) in [5, 5.41) is 20.0. The lowest BCUT2D eigenvalue weighted by Gasteiger charge is -2.17. The minimum absolute atomic E-state index is 0.00339. The quantitative estimate of drug-likeness (QED) is 0.520. The Kier molecular flexibility index (Phi) is 4.09. The molecule has 142 valence electrons. The molecule has 0 amide bonds. The summed E-state index contributed by atoms with van der Waals surface area (Å²) >= 11 is 0. The van der Waals surface area contributed by atoms with Crippen molar-refractivity contribution < 1.29 is 19.3 Å². The number of ether oxygens (including phenoxy) is 1. The molecule has 3 heterocycles. The highest BCUT2D eigenvalue weighted by atomic mass is 19.1. The molecule has 0 radical (unpaired) electrons. The third kappa shape index (κ3) is 2.72. The van der Waals surface area contributed by atoms with Gasteiger partial charge in [0.05, 0.1) is 6.10 Å². The fourth-order valence-electron chi connectivity index (χ4n) is 3.42. The van der Waals surface area contributed by atoms with E-state index >= 15 is 0 Å². The van der Waals surface area contributed by atoms with Gasteiger partial charge in [0.2, 0.25) is 5.95 Å². The third-order valence-corrected chi connectivity index (χ3v) is 4.93. The number of fused-ring (bicyclic) bond motifs is 1. The maximum Gasteiger partial charge on any atom is 0.332 e. The first-order chi connectivity index (χ1) is 12.4. The number of imidazole rings is 1. The molecule has 1 aliphatic carbocycles. The predicted octanol–water partition coefficient (Wildman–Crippen LogP) is -1.14. The van der Waals surface area contributed by atoms with Gasteiger partial charge in [-0.15, -0.1) is 0 Å². The number of halogens is 1. The molecule has 2 aromatic heterocycles. The first kappa shape index (κ1) is 17.2. The third-order valence-electron chi connectivity index (χ3n) is 4.93. The van der Waals surface area contributed by atoms with Gasteiger partial charge in [0.25, 0.3) is 5.56 Å². The zero-order valence-electron chi connectivity index (χ0n) is 13.8. The van der Waals surface area contributed by atoms with Gasteiger partial charge in [-0.1, -0.05) is 0 Å². The highest BCUT2D eigenvalue weighted by molar-refractivity contribution is 5.71. The zero-order valence-corrected chi connectivity index (χ0v) is 13.8. The number of hydrogen-bond acceptors (Lipinski definition) is 7. The van der Waals surface area contributed by atoms with Crippen molar-refractivity contribution in [1.82, 2.24) is 19.1 Å². The Morgan fingerprint density at radius 1 is 1.42 bits per heavy atom. The van der Waals surface area contributed by atoms with Crippen molar-refractivity contribution in [3.8, 4) is 0 Å². The highest BCUT2D eigenvalue weighted by Gasteiger charge is 2.41. The summed E-state index contributed by atoms with van der Waals surface area (Å²) in [6, 6.07) is 0. The van der Waals surface area contributed by atoms with Crippen LogP contribution in [0.15, 0.2) is 9.59 Å². The number of rotatable bonds is 5. The molecule has 0 bridgehead atoms. The summed E-state index contributed by atoms with van der Waals surface area (Å²) in [5.74, 6) is 0.131. The van der Waals surface area contributed by atoms with Crippen molar-refractivity contribution in [2.75, 3.05) is 12.4 Å². The van der Waals surface area contributed by atoms with Gasteiger partial charge < -0.3 is 20.7 Å². The topological polar surface area (TPSA) is 148 Å². The van der Waals surface area contributed by atoms with Crippen molar-refractivity contribution in [1.29, 1.82) is 0 Å². The van der Waals surface area contributed by atoms with Gasteiger partial charge in [-0.2, -0.15) is 4.98 Å². The monoisotopic (exact) mass is 369 g/mol. The number of aliphatic hydroxyl groups is 2. The van der Waals surface area contributed by atoms with Gasteiger partial charge in [0.1, 0.15) is 18.9 Å². The van der Waals surface area contributed by atoms with Crippen LogP contribution in [0.1, 0.15) is 25.5 Å². The van der Waals surface area contributed by atoms with E-state index in [1.807, 2.05) is 0 Å².